The summed E-state index contributed by atoms with van der Waals surface area (Å²) >= 11 is 1.76. The second-order valence-electron chi connectivity index (χ2n) is 8.37. The highest BCUT2D eigenvalue weighted by Gasteiger charge is 2.26. The van der Waals surface area contributed by atoms with Gasteiger partial charge in [0.15, 0.2) is 5.82 Å². The number of ether oxygens (including phenoxy) is 2. The van der Waals surface area contributed by atoms with E-state index in [2.05, 4.69) is 6.92 Å². The minimum absolute atomic E-state index is 0.0405. The van der Waals surface area contributed by atoms with Crippen LogP contribution in [0.15, 0.2) is 24.3 Å². The van der Waals surface area contributed by atoms with E-state index in [1.807, 2.05) is 0 Å². The number of nitro benzene ring substituents is 1. The number of nitrogens with zero attached hydrogens (tertiary/aromatic N) is 3. The quantitative estimate of drug-likeness (QED) is 0.484. The van der Waals surface area contributed by atoms with Crippen LogP contribution in [-0.2, 0) is 24.1 Å². The first-order valence-electron chi connectivity index (χ1n) is 10.7. The van der Waals surface area contributed by atoms with Crippen LogP contribution < -0.4 is 9.64 Å². The molecule has 3 heterocycles. The average molecular weight is 442 g/mol. The Hall–Kier alpha value is -2.62. The molecule has 1 N–H and O–H groups in total. The lowest BCUT2D eigenvalue weighted by atomic mass is 9.89. The third-order valence-electron chi connectivity index (χ3n) is 6.04. The van der Waals surface area contributed by atoms with E-state index in [9.17, 15) is 10.1 Å². The molecule has 1 saturated heterocycles. The minimum atomic E-state index is -0.410. The fourth-order valence-electron chi connectivity index (χ4n) is 4.31. The van der Waals surface area contributed by atoms with Crippen molar-refractivity contribution < 1.29 is 19.3 Å². The summed E-state index contributed by atoms with van der Waals surface area (Å²) in [7, 11) is 0. The summed E-state index contributed by atoms with van der Waals surface area (Å²) in [6, 6.07) is 6.16. The van der Waals surface area contributed by atoms with Crippen molar-refractivity contribution >= 4 is 27.2 Å². The number of benzene rings is 1. The van der Waals surface area contributed by atoms with Gasteiger partial charge < -0.3 is 14.4 Å². The van der Waals surface area contributed by atoms with Crippen molar-refractivity contribution in [1.29, 1.82) is 0 Å². The summed E-state index contributed by atoms with van der Waals surface area (Å²) in [5.74, 6) is 2.55. The summed E-state index contributed by atoms with van der Waals surface area (Å²) < 4.78 is 11.7. The van der Waals surface area contributed by atoms with Gasteiger partial charge >= 0.3 is 0 Å². The Bertz CT molecular complexity index is 1110. The van der Waals surface area contributed by atoms with Gasteiger partial charge in [-0.3, -0.25) is 10.1 Å². The predicted octanol–water partition coefficient (Wildman–Crippen LogP) is 2.93. The van der Waals surface area contributed by atoms with Crippen molar-refractivity contribution in [1.82, 2.24) is 9.97 Å². The Morgan fingerprint density at radius 2 is 2.03 bits per heavy atom. The van der Waals surface area contributed by atoms with E-state index >= 15 is 0 Å². The monoisotopic (exact) mass is 441 g/mol. The number of morpholine rings is 1. The standard InChI is InChI=1S/C22H24N4O4S/c1-14-2-7-17-18(12-14)31-22-20(17)21(30-16-5-3-15(4-6-16)26(27)28)23-19(24-22)13-25-8-10-29-11-9-25/h3-6,14H,2,7-13H2,1H3/p+1/t14-/m0/s1. The summed E-state index contributed by atoms with van der Waals surface area (Å²) in [6.07, 6.45) is 3.22. The zero-order valence-corrected chi connectivity index (χ0v) is 18.2. The van der Waals surface area contributed by atoms with Crippen LogP contribution in [0.25, 0.3) is 10.2 Å². The van der Waals surface area contributed by atoms with E-state index in [-0.39, 0.29) is 5.69 Å². The van der Waals surface area contributed by atoms with E-state index in [4.69, 9.17) is 19.4 Å². The number of non-ortho nitro benzene ring substituents is 1. The van der Waals surface area contributed by atoms with Gasteiger partial charge in [0, 0.05) is 17.0 Å². The Balaban J connectivity index is 1.53. The normalized spacial score (nSPS) is 19.3. The third kappa shape index (κ3) is 4.26. The SMILES string of the molecule is C[C@H]1CCc2c(sc3nc(C[NH+]4CCOCC4)nc(Oc4ccc([N+](=O)[O-])cc4)c23)C1. The van der Waals surface area contributed by atoms with Crippen molar-refractivity contribution in [2.24, 2.45) is 5.92 Å². The molecule has 1 fully saturated rings. The number of hydrogen-bond donors (Lipinski definition) is 1. The van der Waals surface area contributed by atoms with E-state index in [0.717, 1.165) is 68.2 Å². The molecule has 0 unspecified atom stereocenters. The Kier molecular flexibility index (Phi) is 5.56. The van der Waals surface area contributed by atoms with Gasteiger partial charge in [0.2, 0.25) is 5.88 Å². The number of nitro groups is 1. The lowest BCUT2D eigenvalue weighted by Crippen LogP contribution is -3.12. The highest BCUT2D eigenvalue weighted by Crippen LogP contribution is 2.41. The van der Waals surface area contributed by atoms with E-state index in [1.54, 1.807) is 23.5 Å². The third-order valence-corrected chi connectivity index (χ3v) is 7.19. The molecule has 1 aromatic carbocycles. The lowest BCUT2D eigenvalue weighted by Gasteiger charge is -2.23. The van der Waals surface area contributed by atoms with Crippen LogP contribution in [0.5, 0.6) is 11.6 Å². The Morgan fingerprint density at radius 1 is 1.26 bits per heavy atom. The number of quaternary nitrogens is 1. The molecule has 2 aliphatic rings. The molecule has 162 valence electrons. The Morgan fingerprint density at radius 3 is 2.77 bits per heavy atom. The smallest absolute Gasteiger partial charge is 0.269 e. The molecule has 5 rings (SSSR count). The summed E-state index contributed by atoms with van der Waals surface area (Å²) in [5, 5.41) is 12.0. The minimum Gasteiger partial charge on any atom is -0.438 e. The first kappa shape index (κ1) is 20.3. The molecule has 8 nitrogen and oxygen atoms in total. The maximum atomic E-state index is 11.0. The van der Waals surface area contributed by atoms with Crippen molar-refractivity contribution in [3.8, 4) is 11.6 Å². The number of aromatic nitrogens is 2. The summed E-state index contributed by atoms with van der Waals surface area (Å²) in [5.41, 5.74) is 1.35. The molecule has 1 aliphatic heterocycles. The highest BCUT2D eigenvalue weighted by molar-refractivity contribution is 7.18. The molecule has 1 aliphatic carbocycles. The van der Waals surface area contributed by atoms with Crippen LogP contribution in [0, 0.1) is 16.0 Å². The zero-order valence-electron chi connectivity index (χ0n) is 17.4. The van der Waals surface area contributed by atoms with Gasteiger partial charge in [-0.15, -0.1) is 11.3 Å². The molecule has 0 radical (unpaired) electrons. The molecule has 0 saturated carbocycles. The van der Waals surface area contributed by atoms with Crippen molar-refractivity contribution in [2.75, 3.05) is 26.3 Å². The van der Waals surface area contributed by atoms with Crippen LogP contribution in [0.4, 0.5) is 5.69 Å². The number of fused-ring (bicyclic) bond motifs is 3. The Labute approximate surface area is 184 Å². The van der Waals surface area contributed by atoms with Crippen LogP contribution in [-0.4, -0.2) is 41.2 Å². The second-order valence-corrected chi connectivity index (χ2v) is 9.45. The van der Waals surface area contributed by atoms with E-state index in [1.165, 1.54) is 27.5 Å². The highest BCUT2D eigenvalue weighted by atomic mass is 32.1. The van der Waals surface area contributed by atoms with Crippen molar-refractivity contribution in [3.05, 3.63) is 50.6 Å². The first-order valence-corrected chi connectivity index (χ1v) is 11.5. The average Bonchev–Trinajstić information content (AvgIpc) is 3.12. The van der Waals surface area contributed by atoms with Gasteiger partial charge in [-0.25, -0.2) is 4.98 Å². The van der Waals surface area contributed by atoms with Crippen LogP contribution in [0.2, 0.25) is 0 Å². The fourth-order valence-corrected chi connectivity index (χ4v) is 5.70. The van der Waals surface area contributed by atoms with Crippen molar-refractivity contribution in [3.63, 3.8) is 0 Å². The molecular weight excluding hydrogens is 416 g/mol. The van der Waals surface area contributed by atoms with Crippen molar-refractivity contribution in [2.45, 2.75) is 32.7 Å². The van der Waals surface area contributed by atoms with Gasteiger partial charge in [-0.2, -0.15) is 4.98 Å². The van der Waals surface area contributed by atoms with Gasteiger partial charge in [-0.05, 0) is 42.9 Å². The van der Waals surface area contributed by atoms with Gasteiger partial charge in [0.05, 0.1) is 23.5 Å². The number of aryl methyl sites for hydroxylation is 1. The van der Waals surface area contributed by atoms with E-state index < -0.39 is 4.92 Å². The molecule has 0 amide bonds. The molecule has 0 bridgehead atoms. The molecule has 31 heavy (non-hydrogen) atoms. The zero-order chi connectivity index (χ0) is 21.4. The molecule has 9 heteroatoms. The summed E-state index contributed by atoms with van der Waals surface area (Å²) in [4.78, 5) is 24.1. The number of hydrogen-bond acceptors (Lipinski definition) is 7. The molecule has 2 aromatic heterocycles. The van der Waals surface area contributed by atoms with Gasteiger partial charge in [0.25, 0.3) is 5.69 Å². The predicted molar refractivity (Wildman–Crippen MR) is 117 cm³/mol. The van der Waals surface area contributed by atoms with Crippen LogP contribution in [0.1, 0.15) is 29.6 Å². The molecule has 0 spiro atoms. The maximum absolute atomic E-state index is 11.0. The maximum Gasteiger partial charge on any atom is 0.269 e. The largest absolute Gasteiger partial charge is 0.438 e. The van der Waals surface area contributed by atoms with Gasteiger partial charge in [0.1, 0.15) is 30.2 Å². The summed E-state index contributed by atoms with van der Waals surface area (Å²) in [6.45, 7) is 6.43. The van der Waals surface area contributed by atoms with Crippen LogP contribution >= 0.6 is 11.3 Å². The fraction of sp³-hybridized carbons (Fsp3) is 0.455. The molecule has 3 aromatic rings. The topological polar surface area (TPSA) is 91.8 Å². The molecular formula is C22H25N4O4S+. The van der Waals surface area contributed by atoms with Crippen LogP contribution in [0.3, 0.4) is 0 Å². The van der Waals surface area contributed by atoms with Gasteiger partial charge in [-0.1, -0.05) is 6.92 Å². The number of rotatable bonds is 5. The van der Waals surface area contributed by atoms with E-state index in [0.29, 0.717) is 17.5 Å². The first-order chi connectivity index (χ1) is 15.1. The number of nitrogens with one attached hydrogen (secondary N) is 1. The molecule has 1 atom stereocenters. The second kappa shape index (κ2) is 8.49. The number of thiophene rings is 1. The lowest BCUT2D eigenvalue weighted by molar-refractivity contribution is -0.922.